The van der Waals surface area contributed by atoms with Crippen molar-refractivity contribution in [2.75, 3.05) is 13.7 Å². The topological polar surface area (TPSA) is 89.0 Å². The normalized spacial score (nSPS) is 10.7. The molecule has 1 rings (SSSR count). The van der Waals surface area contributed by atoms with Gasteiger partial charge in [-0.3, -0.25) is 9.59 Å². The van der Waals surface area contributed by atoms with Gasteiger partial charge in [0.15, 0.2) is 11.5 Å². The Balaban J connectivity index is 2.64. The summed E-state index contributed by atoms with van der Waals surface area (Å²) in [4.78, 5) is 22.9. The second-order valence-electron chi connectivity index (χ2n) is 5.44. The number of hydrogen-bond acceptors (Lipinski definition) is 5. The van der Waals surface area contributed by atoms with Gasteiger partial charge in [-0.15, -0.1) is 0 Å². The molecular weight excluding hydrogens is 310 g/mol. The van der Waals surface area contributed by atoms with Crippen LogP contribution in [-0.4, -0.2) is 37.8 Å². The third-order valence-electron chi connectivity index (χ3n) is 2.95. The molecule has 0 unspecified atom stereocenters. The molecule has 0 atom stereocenters. The largest absolute Gasteiger partial charge is 0.493 e. The van der Waals surface area contributed by atoms with E-state index in [1.807, 2.05) is 0 Å². The molecule has 0 spiro atoms. The van der Waals surface area contributed by atoms with Crippen LogP contribution in [0.3, 0.4) is 0 Å². The standard InChI is InChI=1S/C17H25N3O4/c1-5-6-9-24-14-8-7-13(10-15(14)23-4)11-18-20-17(22)16(21)19-12(2)3/h7-8,10-12H,5-6,9H2,1-4H3,(H,19,21)(H,20,22)/b18-11-. The van der Waals surface area contributed by atoms with E-state index in [9.17, 15) is 9.59 Å². The average Bonchev–Trinajstić information content (AvgIpc) is 2.55. The number of amides is 2. The fraction of sp³-hybridized carbons (Fsp3) is 0.471. The van der Waals surface area contributed by atoms with Crippen LogP contribution in [0, 0.1) is 0 Å². The van der Waals surface area contributed by atoms with Crippen molar-refractivity contribution in [3.8, 4) is 11.5 Å². The fourth-order valence-corrected chi connectivity index (χ4v) is 1.75. The van der Waals surface area contributed by atoms with Crippen molar-refractivity contribution in [3.05, 3.63) is 23.8 Å². The smallest absolute Gasteiger partial charge is 0.329 e. The van der Waals surface area contributed by atoms with Gasteiger partial charge in [0.25, 0.3) is 0 Å². The summed E-state index contributed by atoms with van der Waals surface area (Å²) >= 11 is 0. The SMILES string of the molecule is CCCCOc1ccc(/C=N\NC(=O)C(=O)NC(C)C)cc1OC. The third-order valence-corrected chi connectivity index (χ3v) is 2.95. The predicted molar refractivity (Wildman–Crippen MR) is 92.4 cm³/mol. The number of carbonyl (C=O) groups excluding carboxylic acids is 2. The monoisotopic (exact) mass is 335 g/mol. The lowest BCUT2D eigenvalue weighted by Gasteiger charge is -2.10. The molecule has 2 amide bonds. The predicted octanol–water partition coefficient (Wildman–Crippen LogP) is 1.85. The van der Waals surface area contributed by atoms with Crippen molar-refractivity contribution in [3.63, 3.8) is 0 Å². The van der Waals surface area contributed by atoms with Gasteiger partial charge in [0, 0.05) is 6.04 Å². The molecule has 7 heteroatoms. The summed E-state index contributed by atoms with van der Waals surface area (Å²) in [7, 11) is 1.56. The summed E-state index contributed by atoms with van der Waals surface area (Å²) in [5, 5.41) is 6.25. The number of rotatable bonds is 8. The molecule has 1 aromatic carbocycles. The molecule has 132 valence electrons. The summed E-state index contributed by atoms with van der Waals surface area (Å²) < 4.78 is 10.9. The zero-order chi connectivity index (χ0) is 17.9. The maximum atomic E-state index is 11.5. The van der Waals surface area contributed by atoms with Crippen LogP contribution in [0.1, 0.15) is 39.2 Å². The first-order valence-corrected chi connectivity index (χ1v) is 7.92. The number of ether oxygens (including phenoxy) is 2. The summed E-state index contributed by atoms with van der Waals surface area (Å²) in [6, 6.07) is 5.19. The Morgan fingerprint density at radius 1 is 1.25 bits per heavy atom. The van der Waals surface area contributed by atoms with Crippen LogP contribution in [-0.2, 0) is 9.59 Å². The Bertz CT molecular complexity index is 585. The van der Waals surface area contributed by atoms with Crippen LogP contribution in [0.5, 0.6) is 11.5 Å². The van der Waals surface area contributed by atoms with E-state index in [0.717, 1.165) is 12.8 Å². The molecule has 0 aliphatic carbocycles. The van der Waals surface area contributed by atoms with Crippen molar-refractivity contribution in [2.24, 2.45) is 5.10 Å². The lowest BCUT2D eigenvalue weighted by atomic mass is 10.2. The minimum absolute atomic E-state index is 0.114. The number of nitrogens with zero attached hydrogens (tertiary/aromatic N) is 1. The number of hydrogen-bond donors (Lipinski definition) is 2. The Morgan fingerprint density at radius 3 is 2.62 bits per heavy atom. The molecule has 0 fully saturated rings. The number of methoxy groups -OCH3 is 1. The Kier molecular flexibility index (Phi) is 8.32. The van der Waals surface area contributed by atoms with Gasteiger partial charge in [0.1, 0.15) is 0 Å². The molecule has 0 saturated carbocycles. The van der Waals surface area contributed by atoms with Crippen LogP contribution < -0.4 is 20.2 Å². The molecule has 0 aromatic heterocycles. The molecule has 0 saturated heterocycles. The van der Waals surface area contributed by atoms with Gasteiger partial charge < -0.3 is 14.8 Å². The van der Waals surface area contributed by atoms with Crippen LogP contribution >= 0.6 is 0 Å². The van der Waals surface area contributed by atoms with Gasteiger partial charge in [-0.25, -0.2) is 5.43 Å². The zero-order valence-electron chi connectivity index (χ0n) is 14.6. The minimum Gasteiger partial charge on any atom is -0.493 e. The molecule has 0 bridgehead atoms. The first-order valence-electron chi connectivity index (χ1n) is 7.92. The summed E-state index contributed by atoms with van der Waals surface area (Å²) in [6.07, 6.45) is 3.45. The maximum absolute atomic E-state index is 11.5. The molecule has 7 nitrogen and oxygen atoms in total. The van der Waals surface area contributed by atoms with Gasteiger partial charge >= 0.3 is 11.8 Å². The second-order valence-corrected chi connectivity index (χ2v) is 5.44. The lowest BCUT2D eigenvalue weighted by Crippen LogP contribution is -2.41. The molecule has 0 aliphatic heterocycles. The highest BCUT2D eigenvalue weighted by atomic mass is 16.5. The van der Waals surface area contributed by atoms with E-state index in [0.29, 0.717) is 23.7 Å². The molecule has 1 aromatic rings. The highest BCUT2D eigenvalue weighted by molar-refractivity contribution is 6.35. The van der Waals surface area contributed by atoms with Crippen molar-refractivity contribution < 1.29 is 19.1 Å². The number of unbranched alkanes of at least 4 members (excludes halogenated alkanes) is 1. The molecule has 0 heterocycles. The number of benzene rings is 1. The minimum atomic E-state index is -0.813. The highest BCUT2D eigenvalue weighted by Crippen LogP contribution is 2.27. The van der Waals surface area contributed by atoms with E-state index in [1.165, 1.54) is 6.21 Å². The maximum Gasteiger partial charge on any atom is 0.329 e. The van der Waals surface area contributed by atoms with Crippen LogP contribution in [0.2, 0.25) is 0 Å². The van der Waals surface area contributed by atoms with E-state index >= 15 is 0 Å². The number of hydrazone groups is 1. The quantitative estimate of drug-likeness (QED) is 0.328. The fourth-order valence-electron chi connectivity index (χ4n) is 1.75. The van der Waals surface area contributed by atoms with Gasteiger partial charge in [-0.05, 0) is 44.0 Å². The Morgan fingerprint density at radius 2 is 2.00 bits per heavy atom. The van der Waals surface area contributed by atoms with Crippen LogP contribution in [0.15, 0.2) is 23.3 Å². The van der Waals surface area contributed by atoms with E-state index in [1.54, 1.807) is 39.2 Å². The number of nitrogens with one attached hydrogen (secondary N) is 2. The molecular formula is C17H25N3O4. The molecule has 2 N–H and O–H groups in total. The van der Waals surface area contributed by atoms with E-state index < -0.39 is 11.8 Å². The first-order chi connectivity index (χ1) is 11.5. The summed E-state index contributed by atoms with van der Waals surface area (Å²) in [5.74, 6) is -0.298. The number of carbonyl (C=O) groups is 2. The van der Waals surface area contributed by atoms with Gasteiger partial charge in [-0.2, -0.15) is 5.10 Å². The van der Waals surface area contributed by atoms with Gasteiger partial charge in [0.2, 0.25) is 0 Å². The van der Waals surface area contributed by atoms with E-state index in [4.69, 9.17) is 9.47 Å². The molecule has 0 radical (unpaired) electrons. The van der Waals surface area contributed by atoms with Crippen LogP contribution in [0.25, 0.3) is 0 Å². The zero-order valence-corrected chi connectivity index (χ0v) is 14.6. The van der Waals surface area contributed by atoms with Crippen molar-refractivity contribution in [2.45, 2.75) is 39.7 Å². The second kappa shape index (κ2) is 10.3. The van der Waals surface area contributed by atoms with E-state index in [2.05, 4.69) is 22.8 Å². The molecule has 24 heavy (non-hydrogen) atoms. The summed E-state index contributed by atoms with van der Waals surface area (Å²) in [6.45, 7) is 6.26. The van der Waals surface area contributed by atoms with E-state index in [-0.39, 0.29) is 6.04 Å². The van der Waals surface area contributed by atoms with Gasteiger partial charge in [0.05, 0.1) is 19.9 Å². The van der Waals surface area contributed by atoms with Crippen molar-refractivity contribution in [1.29, 1.82) is 0 Å². The average molecular weight is 335 g/mol. The van der Waals surface area contributed by atoms with Crippen molar-refractivity contribution in [1.82, 2.24) is 10.7 Å². The van der Waals surface area contributed by atoms with Crippen LogP contribution in [0.4, 0.5) is 0 Å². The third kappa shape index (κ3) is 6.68. The highest BCUT2D eigenvalue weighted by Gasteiger charge is 2.13. The molecule has 0 aliphatic rings. The van der Waals surface area contributed by atoms with Crippen molar-refractivity contribution >= 4 is 18.0 Å². The first kappa shape index (κ1) is 19.5. The summed E-state index contributed by atoms with van der Waals surface area (Å²) in [5.41, 5.74) is 2.88. The Labute approximate surface area is 142 Å². The Hall–Kier alpha value is -2.57. The lowest BCUT2D eigenvalue weighted by molar-refractivity contribution is -0.139. The van der Waals surface area contributed by atoms with Gasteiger partial charge in [-0.1, -0.05) is 13.3 Å².